The molecular formula is C14H21NO2. The third-order valence-corrected chi connectivity index (χ3v) is 3.30. The third kappa shape index (κ3) is 3.80. The van der Waals surface area contributed by atoms with E-state index < -0.39 is 0 Å². The molecule has 0 radical (unpaired) electrons. The molecule has 0 spiro atoms. The second-order valence-corrected chi connectivity index (χ2v) is 4.61. The van der Waals surface area contributed by atoms with Gasteiger partial charge in [-0.3, -0.25) is 0 Å². The lowest BCUT2D eigenvalue weighted by Crippen LogP contribution is -2.28. The van der Waals surface area contributed by atoms with E-state index in [4.69, 9.17) is 9.84 Å². The van der Waals surface area contributed by atoms with Gasteiger partial charge in [-0.05, 0) is 24.3 Å². The number of ether oxygens (including phenoxy) is 1. The summed E-state index contributed by atoms with van der Waals surface area (Å²) in [5.41, 5.74) is 1.25. The number of aliphatic hydroxyl groups is 1. The molecule has 1 aliphatic rings. The van der Waals surface area contributed by atoms with Crippen molar-refractivity contribution in [1.82, 2.24) is 5.32 Å². The summed E-state index contributed by atoms with van der Waals surface area (Å²) < 4.78 is 5.37. The molecule has 2 N–H and O–H groups in total. The molecule has 1 fully saturated rings. The van der Waals surface area contributed by atoms with Crippen LogP contribution < -0.4 is 5.32 Å². The molecule has 1 aliphatic heterocycles. The predicted octanol–water partition coefficient (Wildman–Crippen LogP) is 1.74. The van der Waals surface area contributed by atoms with Crippen LogP contribution in [0.4, 0.5) is 0 Å². The number of nitrogens with one attached hydrogen (secondary N) is 1. The van der Waals surface area contributed by atoms with Crippen molar-refractivity contribution < 1.29 is 9.84 Å². The van der Waals surface area contributed by atoms with Crippen LogP contribution in [0.1, 0.15) is 24.4 Å². The van der Waals surface area contributed by atoms with Crippen molar-refractivity contribution in [2.75, 3.05) is 26.4 Å². The maximum Gasteiger partial charge on any atom is 0.0507 e. The number of benzene rings is 1. The minimum absolute atomic E-state index is 0.216. The van der Waals surface area contributed by atoms with Gasteiger partial charge < -0.3 is 15.2 Å². The van der Waals surface area contributed by atoms with Crippen molar-refractivity contribution in [3.63, 3.8) is 0 Å². The summed E-state index contributed by atoms with van der Waals surface area (Å²) in [6.45, 7) is 2.95. The van der Waals surface area contributed by atoms with Crippen LogP contribution in [-0.4, -0.2) is 31.5 Å². The van der Waals surface area contributed by atoms with E-state index in [9.17, 15) is 0 Å². The summed E-state index contributed by atoms with van der Waals surface area (Å²) in [6, 6.07) is 10.6. The van der Waals surface area contributed by atoms with Crippen molar-refractivity contribution in [2.45, 2.75) is 18.9 Å². The van der Waals surface area contributed by atoms with Crippen LogP contribution in [0.15, 0.2) is 30.3 Å². The maximum atomic E-state index is 9.13. The van der Waals surface area contributed by atoms with E-state index >= 15 is 0 Å². The second-order valence-electron chi connectivity index (χ2n) is 4.61. The van der Waals surface area contributed by atoms with Crippen LogP contribution >= 0.6 is 0 Å². The molecular weight excluding hydrogens is 214 g/mol. The fourth-order valence-corrected chi connectivity index (χ4v) is 2.25. The lowest BCUT2D eigenvalue weighted by atomic mass is 10.0. The zero-order valence-electron chi connectivity index (χ0n) is 10.1. The molecule has 0 amide bonds. The normalized spacial score (nSPS) is 21.6. The van der Waals surface area contributed by atoms with E-state index in [1.54, 1.807) is 0 Å². The predicted molar refractivity (Wildman–Crippen MR) is 67.8 cm³/mol. The zero-order chi connectivity index (χ0) is 11.9. The molecule has 3 heteroatoms. The first kappa shape index (κ1) is 12.6. The van der Waals surface area contributed by atoms with Crippen LogP contribution in [0.2, 0.25) is 0 Å². The molecule has 3 nitrogen and oxygen atoms in total. The highest BCUT2D eigenvalue weighted by molar-refractivity contribution is 5.18. The second kappa shape index (κ2) is 6.74. The first-order valence-corrected chi connectivity index (χ1v) is 6.37. The molecule has 1 heterocycles. The van der Waals surface area contributed by atoms with E-state index in [1.807, 2.05) is 18.2 Å². The highest BCUT2D eigenvalue weighted by Crippen LogP contribution is 2.18. The van der Waals surface area contributed by atoms with Gasteiger partial charge in [0.05, 0.1) is 6.61 Å². The van der Waals surface area contributed by atoms with Crippen LogP contribution in [-0.2, 0) is 4.74 Å². The van der Waals surface area contributed by atoms with Crippen molar-refractivity contribution in [2.24, 2.45) is 5.92 Å². The standard InChI is InChI=1S/C14H21NO2/c16-8-6-14(13-4-2-1-3-5-13)15-10-12-7-9-17-11-12/h1-5,12,14-16H,6-11H2/t12-,14+/m0/s1. The fourth-order valence-electron chi connectivity index (χ4n) is 2.25. The Bertz CT molecular complexity index is 309. The van der Waals surface area contributed by atoms with E-state index in [1.165, 1.54) is 5.56 Å². The first-order chi connectivity index (χ1) is 8.40. The average Bonchev–Trinajstić information content (AvgIpc) is 2.88. The van der Waals surface area contributed by atoms with Gasteiger partial charge in [0, 0.05) is 25.8 Å². The van der Waals surface area contributed by atoms with Gasteiger partial charge in [0.15, 0.2) is 0 Å². The van der Waals surface area contributed by atoms with E-state index in [0.29, 0.717) is 5.92 Å². The number of hydrogen-bond acceptors (Lipinski definition) is 3. The van der Waals surface area contributed by atoms with Crippen LogP contribution in [0.5, 0.6) is 0 Å². The summed E-state index contributed by atoms with van der Waals surface area (Å²) in [6.07, 6.45) is 1.91. The van der Waals surface area contributed by atoms with Crippen molar-refractivity contribution in [3.05, 3.63) is 35.9 Å². The van der Waals surface area contributed by atoms with Gasteiger partial charge in [0.25, 0.3) is 0 Å². The Balaban J connectivity index is 1.88. The molecule has 0 saturated carbocycles. The molecule has 2 rings (SSSR count). The SMILES string of the molecule is OCC[C@@H](NC[C@@H]1CCOC1)c1ccccc1. The maximum absolute atomic E-state index is 9.13. The Labute approximate surface area is 103 Å². The molecule has 1 saturated heterocycles. The molecule has 17 heavy (non-hydrogen) atoms. The largest absolute Gasteiger partial charge is 0.396 e. The highest BCUT2D eigenvalue weighted by Gasteiger charge is 2.17. The third-order valence-electron chi connectivity index (χ3n) is 3.30. The Morgan fingerprint density at radius 2 is 2.18 bits per heavy atom. The van der Waals surface area contributed by atoms with Gasteiger partial charge >= 0.3 is 0 Å². The minimum atomic E-state index is 0.216. The minimum Gasteiger partial charge on any atom is -0.396 e. The summed E-state index contributed by atoms with van der Waals surface area (Å²) in [5, 5.41) is 12.7. The lowest BCUT2D eigenvalue weighted by molar-refractivity contribution is 0.183. The monoisotopic (exact) mass is 235 g/mol. The summed E-state index contributed by atoms with van der Waals surface area (Å²) >= 11 is 0. The Kier molecular flexibility index (Phi) is 4.98. The molecule has 0 aromatic heterocycles. The number of rotatable bonds is 6. The Hall–Kier alpha value is -0.900. The molecule has 0 unspecified atom stereocenters. The fraction of sp³-hybridized carbons (Fsp3) is 0.571. The van der Waals surface area contributed by atoms with Crippen LogP contribution in [0, 0.1) is 5.92 Å². The quantitative estimate of drug-likeness (QED) is 0.789. The first-order valence-electron chi connectivity index (χ1n) is 6.37. The Morgan fingerprint density at radius 1 is 1.35 bits per heavy atom. The van der Waals surface area contributed by atoms with E-state index in [2.05, 4.69) is 17.4 Å². The highest BCUT2D eigenvalue weighted by atomic mass is 16.5. The lowest BCUT2D eigenvalue weighted by Gasteiger charge is -2.20. The van der Waals surface area contributed by atoms with Gasteiger partial charge in [-0.25, -0.2) is 0 Å². The molecule has 0 aliphatic carbocycles. The topological polar surface area (TPSA) is 41.5 Å². The summed E-state index contributed by atoms with van der Waals surface area (Å²) in [4.78, 5) is 0. The van der Waals surface area contributed by atoms with Crippen molar-refractivity contribution in [1.29, 1.82) is 0 Å². The van der Waals surface area contributed by atoms with Crippen LogP contribution in [0.25, 0.3) is 0 Å². The summed E-state index contributed by atoms with van der Waals surface area (Å²) in [7, 11) is 0. The van der Waals surface area contributed by atoms with Gasteiger partial charge in [0.2, 0.25) is 0 Å². The average molecular weight is 235 g/mol. The smallest absolute Gasteiger partial charge is 0.0507 e. The Morgan fingerprint density at radius 3 is 2.82 bits per heavy atom. The number of hydrogen-bond donors (Lipinski definition) is 2. The summed E-state index contributed by atoms with van der Waals surface area (Å²) in [5.74, 6) is 0.625. The molecule has 1 aromatic rings. The number of aliphatic hydroxyl groups excluding tert-OH is 1. The van der Waals surface area contributed by atoms with Gasteiger partial charge in [-0.15, -0.1) is 0 Å². The van der Waals surface area contributed by atoms with Gasteiger partial charge in [-0.1, -0.05) is 30.3 Å². The molecule has 94 valence electrons. The van der Waals surface area contributed by atoms with Crippen LogP contribution in [0.3, 0.4) is 0 Å². The molecule has 1 aromatic carbocycles. The van der Waals surface area contributed by atoms with Gasteiger partial charge in [0.1, 0.15) is 0 Å². The zero-order valence-corrected chi connectivity index (χ0v) is 10.1. The molecule has 2 atom stereocenters. The van der Waals surface area contributed by atoms with Gasteiger partial charge in [-0.2, -0.15) is 0 Å². The van der Waals surface area contributed by atoms with E-state index in [0.717, 1.165) is 32.6 Å². The van der Waals surface area contributed by atoms with E-state index in [-0.39, 0.29) is 12.6 Å². The van der Waals surface area contributed by atoms with Crippen molar-refractivity contribution in [3.8, 4) is 0 Å². The molecule has 0 bridgehead atoms. The van der Waals surface area contributed by atoms with Crippen molar-refractivity contribution >= 4 is 0 Å².